The molecule has 0 spiro atoms. The third-order valence-corrected chi connectivity index (χ3v) is 4.00. The van der Waals surface area contributed by atoms with Gasteiger partial charge in [-0.05, 0) is 19.1 Å². The van der Waals surface area contributed by atoms with Gasteiger partial charge in [-0.1, -0.05) is 0 Å². The van der Waals surface area contributed by atoms with Crippen LogP contribution >= 0.6 is 0 Å². The summed E-state index contributed by atoms with van der Waals surface area (Å²) < 4.78 is 0. The summed E-state index contributed by atoms with van der Waals surface area (Å²) >= 11 is 0. The summed E-state index contributed by atoms with van der Waals surface area (Å²) in [5.74, 6) is 1.47. The molecule has 0 unspecified atom stereocenters. The van der Waals surface area contributed by atoms with Crippen LogP contribution in [0.5, 0.6) is 0 Å². The lowest BCUT2D eigenvalue weighted by Crippen LogP contribution is -2.47. The fourth-order valence-corrected chi connectivity index (χ4v) is 2.77. The molecule has 0 aromatic carbocycles. The molecule has 0 bridgehead atoms. The first-order chi connectivity index (χ1) is 11.2. The number of rotatable bonds is 4. The van der Waals surface area contributed by atoms with Gasteiger partial charge in [-0.15, -0.1) is 0 Å². The predicted molar refractivity (Wildman–Crippen MR) is 88.6 cm³/mol. The average molecular weight is 315 g/mol. The highest BCUT2D eigenvalue weighted by atomic mass is 16.3. The van der Waals surface area contributed by atoms with Crippen molar-refractivity contribution in [3.8, 4) is 11.4 Å². The van der Waals surface area contributed by atoms with Crippen LogP contribution in [0.3, 0.4) is 0 Å². The molecule has 7 nitrogen and oxygen atoms in total. The first-order valence-corrected chi connectivity index (χ1v) is 7.78. The van der Waals surface area contributed by atoms with Crippen LogP contribution in [0, 0.1) is 6.92 Å². The molecular weight excluding hydrogens is 294 g/mol. The number of hydrogen-bond acceptors (Lipinski definition) is 6. The minimum absolute atomic E-state index is 0.156. The molecule has 2 aromatic heterocycles. The van der Waals surface area contributed by atoms with E-state index in [1.807, 2.05) is 12.1 Å². The first-order valence-electron chi connectivity index (χ1n) is 7.78. The molecule has 122 valence electrons. The van der Waals surface area contributed by atoms with Crippen molar-refractivity contribution < 1.29 is 5.11 Å². The summed E-state index contributed by atoms with van der Waals surface area (Å²) in [6.07, 6.45) is 1.74. The zero-order valence-electron chi connectivity index (χ0n) is 13.2. The van der Waals surface area contributed by atoms with Crippen LogP contribution in [0.25, 0.3) is 11.4 Å². The second-order valence-corrected chi connectivity index (χ2v) is 5.69. The van der Waals surface area contributed by atoms with E-state index in [2.05, 4.69) is 24.8 Å². The van der Waals surface area contributed by atoms with Crippen molar-refractivity contribution in [2.75, 3.05) is 44.2 Å². The highest BCUT2D eigenvalue weighted by molar-refractivity contribution is 5.56. The smallest absolute Gasteiger partial charge is 0.251 e. The lowest BCUT2D eigenvalue weighted by Gasteiger charge is -2.35. The van der Waals surface area contributed by atoms with Gasteiger partial charge in [0.25, 0.3) is 5.56 Å². The van der Waals surface area contributed by atoms with Gasteiger partial charge in [0.2, 0.25) is 0 Å². The number of H-pyrrole nitrogens is 1. The molecule has 2 N–H and O–H groups in total. The van der Waals surface area contributed by atoms with Crippen molar-refractivity contribution in [1.82, 2.24) is 19.9 Å². The van der Waals surface area contributed by atoms with E-state index < -0.39 is 0 Å². The average Bonchev–Trinajstić information content (AvgIpc) is 2.55. The number of pyridine rings is 1. The quantitative estimate of drug-likeness (QED) is 0.841. The number of aryl methyl sites for hydroxylation is 1. The number of aromatic nitrogens is 3. The van der Waals surface area contributed by atoms with Crippen molar-refractivity contribution in [1.29, 1.82) is 0 Å². The van der Waals surface area contributed by atoms with Gasteiger partial charge in [0.15, 0.2) is 0 Å². The number of aliphatic hydroxyl groups excluding tert-OH is 1. The van der Waals surface area contributed by atoms with E-state index in [0.717, 1.165) is 44.1 Å². The summed E-state index contributed by atoms with van der Waals surface area (Å²) in [7, 11) is 0. The predicted octanol–water partition coefficient (Wildman–Crippen LogP) is 0.255. The Bertz CT molecular complexity index is 705. The van der Waals surface area contributed by atoms with E-state index in [4.69, 9.17) is 5.11 Å². The summed E-state index contributed by atoms with van der Waals surface area (Å²) in [6, 6.07) is 5.36. The molecule has 7 heteroatoms. The maximum Gasteiger partial charge on any atom is 0.251 e. The van der Waals surface area contributed by atoms with Crippen molar-refractivity contribution >= 4 is 5.82 Å². The van der Waals surface area contributed by atoms with Gasteiger partial charge in [0, 0.05) is 56.2 Å². The highest BCUT2D eigenvalue weighted by Gasteiger charge is 2.17. The van der Waals surface area contributed by atoms with E-state index in [9.17, 15) is 4.79 Å². The summed E-state index contributed by atoms with van der Waals surface area (Å²) in [6.45, 7) is 6.37. The maximum absolute atomic E-state index is 11.5. The standard InChI is InChI=1S/C16H21N5O2/c1-12-10-15(23)19-16(18-12)13-2-3-14(17-11-13)21-6-4-20(5-7-21)8-9-22/h2-3,10-11,22H,4-9H2,1H3,(H,18,19,23). The van der Waals surface area contributed by atoms with Crippen LogP contribution in [-0.2, 0) is 0 Å². The number of aromatic amines is 1. The molecule has 23 heavy (non-hydrogen) atoms. The van der Waals surface area contributed by atoms with Crippen LogP contribution in [-0.4, -0.2) is 64.3 Å². The zero-order chi connectivity index (χ0) is 16.2. The molecule has 1 fully saturated rings. The zero-order valence-corrected chi connectivity index (χ0v) is 13.2. The number of hydrogen-bond donors (Lipinski definition) is 2. The third-order valence-electron chi connectivity index (χ3n) is 4.00. The first kappa shape index (κ1) is 15.6. The van der Waals surface area contributed by atoms with Crippen LogP contribution in [0.2, 0.25) is 0 Å². The molecule has 1 saturated heterocycles. The Labute approximate surface area is 134 Å². The minimum Gasteiger partial charge on any atom is -0.395 e. The Hall–Kier alpha value is -2.25. The molecular formula is C16H21N5O2. The Morgan fingerprint density at radius 1 is 1.26 bits per heavy atom. The topological polar surface area (TPSA) is 85.4 Å². The van der Waals surface area contributed by atoms with E-state index in [1.54, 1.807) is 13.1 Å². The monoisotopic (exact) mass is 315 g/mol. The molecule has 0 radical (unpaired) electrons. The van der Waals surface area contributed by atoms with Gasteiger partial charge >= 0.3 is 0 Å². The van der Waals surface area contributed by atoms with E-state index in [1.165, 1.54) is 6.07 Å². The number of nitrogens with one attached hydrogen (secondary N) is 1. The number of β-amino-alcohol motifs (C(OH)–C–C–N with tert-alkyl or cyclic N) is 1. The fourth-order valence-electron chi connectivity index (χ4n) is 2.77. The number of aliphatic hydroxyl groups is 1. The summed E-state index contributed by atoms with van der Waals surface area (Å²) in [5, 5.41) is 8.98. The molecule has 0 aliphatic carbocycles. The lowest BCUT2D eigenvalue weighted by atomic mass is 10.2. The number of piperazine rings is 1. The van der Waals surface area contributed by atoms with Crippen LogP contribution in [0.4, 0.5) is 5.82 Å². The largest absolute Gasteiger partial charge is 0.395 e. The van der Waals surface area contributed by atoms with Gasteiger partial charge in [-0.3, -0.25) is 9.69 Å². The maximum atomic E-state index is 11.5. The van der Waals surface area contributed by atoms with Crippen molar-refractivity contribution in [3.63, 3.8) is 0 Å². The molecule has 0 saturated carbocycles. The Morgan fingerprint density at radius 2 is 2.04 bits per heavy atom. The molecule has 3 heterocycles. The Morgan fingerprint density at radius 3 is 2.65 bits per heavy atom. The van der Waals surface area contributed by atoms with Crippen molar-refractivity contribution in [2.24, 2.45) is 0 Å². The second kappa shape index (κ2) is 6.89. The number of nitrogens with zero attached hydrogens (tertiary/aromatic N) is 4. The van der Waals surface area contributed by atoms with Crippen LogP contribution < -0.4 is 10.5 Å². The normalized spacial score (nSPS) is 15.8. The van der Waals surface area contributed by atoms with Crippen molar-refractivity contribution in [3.05, 3.63) is 40.4 Å². The Kier molecular flexibility index (Phi) is 4.68. The Balaban J connectivity index is 1.71. The van der Waals surface area contributed by atoms with E-state index >= 15 is 0 Å². The van der Waals surface area contributed by atoms with Crippen LogP contribution in [0.15, 0.2) is 29.2 Å². The molecule has 2 aromatic rings. The third kappa shape index (κ3) is 3.75. The molecule has 0 atom stereocenters. The van der Waals surface area contributed by atoms with Gasteiger partial charge < -0.3 is 15.0 Å². The van der Waals surface area contributed by atoms with Crippen LogP contribution in [0.1, 0.15) is 5.69 Å². The van der Waals surface area contributed by atoms with Gasteiger partial charge in [0.05, 0.1) is 6.61 Å². The molecule has 1 aliphatic rings. The summed E-state index contributed by atoms with van der Waals surface area (Å²) in [5.41, 5.74) is 1.33. The molecule has 0 amide bonds. The van der Waals surface area contributed by atoms with Gasteiger partial charge in [0.1, 0.15) is 11.6 Å². The lowest BCUT2D eigenvalue weighted by molar-refractivity contribution is 0.188. The number of anilines is 1. The van der Waals surface area contributed by atoms with E-state index in [-0.39, 0.29) is 12.2 Å². The SMILES string of the molecule is Cc1cc(=O)[nH]c(-c2ccc(N3CCN(CCO)CC3)nc2)n1. The second-order valence-electron chi connectivity index (χ2n) is 5.69. The molecule has 3 rings (SSSR count). The van der Waals surface area contributed by atoms with Gasteiger partial charge in [-0.25, -0.2) is 9.97 Å². The van der Waals surface area contributed by atoms with Crippen molar-refractivity contribution in [2.45, 2.75) is 6.92 Å². The van der Waals surface area contributed by atoms with E-state index in [0.29, 0.717) is 11.5 Å². The fraction of sp³-hybridized carbons (Fsp3) is 0.438. The molecule has 1 aliphatic heterocycles. The highest BCUT2D eigenvalue weighted by Crippen LogP contribution is 2.18. The minimum atomic E-state index is -0.156. The van der Waals surface area contributed by atoms with Gasteiger partial charge in [-0.2, -0.15) is 0 Å². The summed E-state index contributed by atoms with van der Waals surface area (Å²) in [4.78, 5) is 27.6.